The average molecular weight is 251 g/mol. The van der Waals surface area contributed by atoms with Crippen LogP contribution in [0.3, 0.4) is 0 Å². The minimum absolute atomic E-state index is 0.206. The van der Waals surface area contributed by atoms with Crippen molar-refractivity contribution in [3.8, 4) is 0 Å². The molecule has 0 radical (unpaired) electrons. The predicted molar refractivity (Wildman–Crippen MR) is 62.3 cm³/mol. The lowest BCUT2D eigenvalue weighted by Crippen LogP contribution is -2.22. The molecule has 1 aromatic rings. The Morgan fingerprint density at radius 3 is 3.06 bits per heavy atom. The SMILES string of the molecule is O=C(O)C1CCCn2nc(CC3CCCO3)nc21. The number of hydrogen-bond donors (Lipinski definition) is 1. The van der Waals surface area contributed by atoms with Gasteiger partial charge in [0.1, 0.15) is 11.7 Å². The van der Waals surface area contributed by atoms with Gasteiger partial charge in [-0.3, -0.25) is 4.79 Å². The second-order valence-corrected chi connectivity index (χ2v) is 4.98. The zero-order chi connectivity index (χ0) is 12.5. The van der Waals surface area contributed by atoms with Gasteiger partial charge in [-0.25, -0.2) is 9.67 Å². The standard InChI is InChI=1S/C12H17N3O3/c16-12(17)9-4-1-5-15-11(9)13-10(14-15)7-8-3-2-6-18-8/h8-9H,1-7H2,(H,16,17). The van der Waals surface area contributed by atoms with Gasteiger partial charge in [-0.1, -0.05) is 0 Å². The molecule has 1 N–H and O–H groups in total. The molecule has 0 amide bonds. The number of fused-ring (bicyclic) bond motifs is 1. The zero-order valence-corrected chi connectivity index (χ0v) is 10.2. The van der Waals surface area contributed by atoms with Crippen LogP contribution in [0.4, 0.5) is 0 Å². The van der Waals surface area contributed by atoms with Crippen LogP contribution in [0.25, 0.3) is 0 Å². The Hall–Kier alpha value is -1.43. The highest BCUT2D eigenvalue weighted by Gasteiger charge is 2.30. The normalized spacial score (nSPS) is 27.1. The van der Waals surface area contributed by atoms with Gasteiger partial charge in [0.15, 0.2) is 5.82 Å². The van der Waals surface area contributed by atoms with Crippen LogP contribution in [0.2, 0.25) is 0 Å². The van der Waals surface area contributed by atoms with Gasteiger partial charge in [0.05, 0.1) is 6.10 Å². The smallest absolute Gasteiger partial charge is 0.314 e. The van der Waals surface area contributed by atoms with E-state index in [1.54, 1.807) is 4.68 Å². The Balaban J connectivity index is 1.79. The Morgan fingerprint density at radius 2 is 2.33 bits per heavy atom. The summed E-state index contributed by atoms with van der Waals surface area (Å²) in [6.07, 6.45) is 4.56. The second-order valence-electron chi connectivity index (χ2n) is 4.98. The summed E-state index contributed by atoms with van der Waals surface area (Å²) in [5.41, 5.74) is 0. The van der Waals surface area contributed by atoms with E-state index in [0.29, 0.717) is 18.7 Å². The summed E-state index contributed by atoms with van der Waals surface area (Å²) in [6, 6.07) is 0. The van der Waals surface area contributed by atoms with Crippen molar-refractivity contribution >= 4 is 5.97 Å². The molecule has 0 aliphatic carbocycles. The van der Waals surface area contributed by atoms with Crippen LogP contribution in [-0.4, -0.2) is 38.6 Å². The van der Waals surface area contributed by atoms with Crippen molar-refractivity contribution in [3.63, 3.8) is 0 Å². The highest BCUT2D eigenvalue weighted by molar-refractivity contribution is 5.75. The molecule has 1 fully saturated rings. The number of nitrogens with zero attached hydrogens (tertiary/aromatic N) is 3. The first-order chi connectivity index (χ1) is 8.74. The number of carbonyl (C=O) groups is 1. The Bertz CT molecular complexity index is 451. The van der Waals surface area contributed by atoms with Gasteiger partial charge in [-0.05, 0) is 25.7 Å². The van der Waals surface area contributed by atoms with E-state index in [0.717, 1.165) is 38.2 Å². The Kier molecular flexibility index (Phi) is 3.03. The first-order valence-corrected chi connectivity index (χ1v) is 6.52. The molecule has 0 bridgehead atoms. The maximum absolute atomic E-state index is 11.2. The van der Waals surface area contributed by atoms with Crippen LogP contribution in [0.1, 0.15) is 43.3 Å². The van der Waals surface area contributed by atoms with Crippen LogP contribution in [0.15, 0.2) is 0 Å². The number of ether oxygens (including phenoxy) is 1. The van der Waals surface area contributed by atoms with Gasteiger partial charge in [0.25, 0.3) is 0 Å². The summed E-state index contributed by atoms with van der Waals surface area (Å²) in [7, 11) is 0. The number of aliphatic carboxylic acids is 1. The van der Waals surface area contributed by atoms with Crippen LogP contribution in [0.5, 0.6) is 0 Å². The number of hydrogen-bond acceptors (Lipinski definition) is 4. The summed E-state index contributed by atoms with van der Waals surface area (Å²) in [6.45, 7) is 1.59. The van der Waals surface area contributed by atoms with E-state index in [2.05, 4.69) is 10.1 Å². The molecule has 3 rings (SSSR count). The van der Waals surface area contributed by atoms with Crippen molar-refractivity contribution in [1.29, 1.82) is 0 Å². The van der Waals surface area contributed by atoms with Crippen molar-refractivity contribution in [1.82, 2.24) is 14.8 Å². The molecule has 3 heterocycles. The van der Waals surface area contributed by atoms with Crippen LogP contribution >= 0.6 is 0 Å². The third-order valence-electron chi connectivity index (χ3n) is 3.65. The van der Waals surface area contributed by atoms with Crippen LogP contribution in [-0.2, 0) is 22.5 Å². The fourth-order valence-corrected chi connectivity index (χ4v) is 2.73. The number of aromatic nitrogens is 3. The third-order valence-corrected chi connectivity index (χ3v) is 3.65. The van der Waals surface area contributed by atoms with E-state index in [1.807, 2.05) is 0 Å². The average Bonchev–Trinajstić information content (AvgIpc) is 2.96. The van der Waals surface area contributed by atoms with E-state index in [1.165, 1.54) is 0 Å². The molecule has 2 unspecified atom stereocenters. The molecule has 2 aliphatic heterocycles. The lowest BCUT2D eigenvalue weighted by Gasteiger charge is -2.17. The molecular formula is C12H17N3O3. The predicted octanol–water partition coefficient (Wildman–Crippen LogP) is 0.962. The van der Waals surface area contributed by atoms with Gasteiger partial charge in [-0.2, -0.15) is 5.10 Å². The minimum Gasteiger partial charge on any atom is -0.481 e. The number of aryl methyl sites for hydroxylation is 1. The van der Waals surface area contributed by atoms with E-state index < -0.39 is 11.9 Å². The maximum Gasteiger partial charge on any atom is 0.314 e. The molecule has 18 heavy (non-hydrogen) atoms. The van der Waals surface area contributed by atoms with Gasteiger partial charge in [0, 0.05) is 19.6 Å². The monoisotopic (exact) mass is 251 g/mol. The fourth-order valence-electron chi connectivity index (χ4n) is 2.73. The largest absolute Gasteiger partial charge is 0.481 e. The van der Waals surface area contributed by atoms with E-state index in [-0.39, 0.29) is 6.10 Å². The molecule has 0 saturated carbocycles. The summed E-state index contributed by atoms with van der Waals surface area (Å²) >= 11 is 0. The zero-order valence-electron chi connectivity index (χ0n) is 10.2. The molecule has 2 aliphatic rings. The van der Waals surface area contributed by atoms with Crippen molar-refractivity contribution in [2.24, 2.45) is 0 Å². The molecule has 0 spiro atoms. The van der Waals surface area contributed by atoms with Crippen LogP contribution < -0.4 is 0 Å². The van der Waals surface area contributed by atoms with E-state index in [9.17, 15) is 9.90 Å². The molecule has 1 saturated heterocycles. The summed E-state index contributed by atoms with van der Waals surface area (Å²) in [5.74, 6) is 0.0447. The topological polar surface area (TPSA) is 77.2 Å². The lowest BCUT2D eigenvalue weighted by atomic mass is 10.00. The van der Waals surface area contributed by atoms with Crippen molar-refractivity contribution in [3.05, 3.63) is 11.6 Å². The summed E-state index contributed by atoms with van der Waals surface area (Å²) in [4.78, 5) is 15.6. The highest BCUT2D eigenvalue weighted by Crippen LogP contribution is 2.26. The summed E-state index contributed by atoms with van der Waals surface area (Å²) < 4.78 is 7.31. The molecule has 1 aromatic heterocycles. The first-order valence-electron chi connectivity index (χ1n) is 6.52. The summed E-state index contributed by atoms with van der Waals surface area (Å²) in [5, 5.41) is 13.6. The first kappa shape index (κ1) is 11.6. The number of rotatable bonds is 3. The highest BCUT2D eigenvalue weighted by atomic mass is 16.5. The molecule has 2 atom stereocenters. The quantitative estimate of drug-likeness (QED) is 0.865. The van der Waals surface area contributed by atoms with Crippen LogP contribution in [0, 0.1) is 0 Å². The molecule has 0 aromatic carbocycles. The third kappa shape index (κ3) is 2.12. The van der Waals surface area contributed by atoms with Crippen molar-refractivity contribution < 1.29 is 14.6 Å². The molecule has 98 valence electrons. The Labute approximate surface area is 105 Å². The lowest BCUT2D eigenvalue weighted by molar-refractivity contribution is -0.139. The number of carboxylic acids is 1. The van der Waals surface area contributed by atoms with Crippen molar-refractivity contribution in [2.75, 3.05) is 6.61 Å². The van der Waals surface area contributed by atoms with E-state index in [4.69, 9.17) is 4.74 Å². The van der Waals surface area contributed by atoms with E-state index >= 15 is 0 Å². The number of carboxylic acid groups (broad SMARTS) is 1. The molecule has 6 nitrogen and oxygen atoms in total. The fraction of sp³-hybridized carbons (Fsp3) is 0.750. The van der Waals surface area contributed by atoms with Gasteiger partial charge in [0.2, 0.25) is 0 Å². The molecule has 6 heteroatoms. The maximum atomic E-state index is 11.2. The van der Waals surface area contributed by atoms with Gasteiger partial charge < -0.3 is 9.84 Å². The minimum atomic E-state index is -0.799. The molecular weight excluding hydrogens is 234 g/mol. The van der Waals surface area contributed by atoms with Gasteiger partial charge >= 0.3 is 5.97 Å². The Morgan fingerprint density at radius 1 is 1.44 bits per heavy atom. The van der Waals surface area contributed by atoms with Gasteiger partial charge in [-0.15, -0.1) is 0 Å². The second kappa shape index (κ2) is 4.68. The van der Waals surface area contributed by atoms with Crippen molar-refractivity contribution in [2.45, 2.75) is 50.7 Å².